The third-order valence-electron chi connectivity index (χ3n) is 7.81. The predicted molar refractivity (Wildman–Crippen MR) is 146 cm³/mol. The number of sulfonamides is 1. The molecule has 0 aromatic heterocycles. The van der Waals surface area contributed by atoms with Crippen LogP contribution in [0.5, 0.6) is 0 Å². The van der Waals surface area contributed by atoms with Crippen molar-refractivity contribution >= 4 is 10.0 Å². The van der Waals surface area contributed by atoms with Gasteiger partial charge in [0.25, 0.3) is 0 Å². The molecule has 0 aliphatic carbocycles. The third kappa shape index (κ3) is 6.65. The lowest BCUT2D eigenvalue weighted by Gasteiger charge is -2.47. The first kappa shape index (κ1) is 32.0. The van der Waals surface area contributed by atoms with E-state index in [4.69, 9.17) is 0 Å². The molecule has 0 bridgehead atoms. The molecule has 0 N–H and O–H groups in total. The molecule has 42 heavy (non-hydrogen) atoms. The van der Waals surface area contributed by atoms with E-state index in [0.717, 1.165) is 28.1 Å². The quantitative estimate of drug-likeness (QED) is 0.172. The summed E-state index contributed by atoms with van der Waals surface area (Å²) in [4.78, 5) is 1.45. The van der Waals surface area contributed by atoms with Crippen LogP contribution in [0.2, 0.25) is 0 Å². The fraction of sp³-hybridized carbons (Fsp3) is 0.400. The molecule has 1 fully saturated rings. The van der Waals surface area contributed by atoms with Crippen LogP contribution in [0.25, 0.3) is 11.1 Å². The van der Waals surface area contributed by atoms with Crippen LogP contribution in [0.3, 0.4) is 0 Å². The number of benzene rings is 3. The summed E-state index contributed by atoms with van der Waals surface area (Å²) in [5.74, 6) is -1.14. The SMILES string of the molecule is CCN(CCCCN1CC(c2ccc(-c3cccc(C(F)(F)F)c3F)cc2)C1C)S(=O)(=O)c1ccccc1C(F)(F)F. The number of nitrogens with zero attached hydrogens (tertiary/aromatic N) is 2. The Labute approximate surface area is 240 Å². The molecule has 1 aliphatic heterocycles. The molecular formula is C30H31F7N2O2S. The number of hydrogen-bond acceptors (Lipinski definition) is 3. The Hall–Kier alpha value is -2.96. The number of hydrogen-bond donors (Lipinski definition) is 0. The van der Waals surface area contributed by atoms with Crippen LogP contribution < -0.4 is 0 Å². The van der Waals surface area contributed by atoms with Gasteiger partial charge in [0.15, 0.2) is 0 Å². The summed E-state index contributed by atoms with van der Waals surface area (Å²) >= 11 is 0. The van der Waals surface area contributed by atoms with E-state index in [0.29, 0.717) is 37.6 Å². The molecule has 0 saturated carbocycles. The normalized spacial score (nSPS) is 18.3. The highest BCUT2D eigenvalue weighted by molar-refractivity contribution is 7.89. The average Bonchev–Trinajstić information content (AvgIpc) is 2.93. The lowest BCUT2D eigenvalue weighted by Crippen LogP contribution is -2.53. The predicted octanol–water partition coefficient (Wildman–Crippen LogP) is 7.81. The molecule has 4 rings (SSSR count). The first-order valence-corrected chi connectivity index (χ1v) is 15.0. The molecule has 1 saturated heterocycles. The van der Waals surface area contributed by atoms with Crippen molar-refractivity contribution < 1.29 is 39.2 Å². The fourth-order valence-electron chi connectivity index (χ4n) is 5.37. The lowest BCUT2D eigenvalue weighted by molar-refractivity contribution is -0.140. The molecule has 3 aromatic rings. The van der Waals surface area contributed by atoms with Crippen molar-refractivity contribution in [3.63, 3.8) is 0 Å². The van der Waals surface area contributed by atoms with E-state index in [-0.39, 0.29) is 30.6 Å². The monoisotopic (exact) mass is 616 g/mol. The maximum atomic E-state index is 14.5. The minimum Gasteiger partial charge on any atom is -0.299 e. The van der Waals surface area contributed by atoms with Crippen LogP contribution >= 0.6 is 0 Å². The topological polar surface area (TPSA) is 40.6 Å². The molecule has 0 amide bonds. The second kappa shape index (κ2) is 12.3. The molecule has 228 valence electrons. The Morgan fingerprint density at radius 2 is 1.48 bits per heavy atom. The van der Waals surface area contributed by atoms with Gasteiger partial charge in [-0.25, -0.2) is 12.8 Å². The largest absolute Gasteiger partial charge is 0.419 e. The minimum absolute atomic E-state index is 0.0388. The van der Waals surface area contributed by atoms with Gasteiger partial charge in [0.05, 0.1) is 16.0 Å². The Balaban J connectivity index is 1.31. The third-order valence-corrected chi connectivity index (χ3v) is 9.84. The zero-order valence-corrected chi connectivity index (χ0v) is 23.8. The standard InChI is InChI=1S/C30H31F7N2O2S/c1-3-39(42(40,41)27-12-5-4-10-25(27)29(32,33)34)18-7-6-17-38-19-24(20(38)2)22-15-13-21(14-16-22)23-9-8-11-26(28(23)31)30(35,36)37/h4-5,8-16,20,24H,3,6-7,17-19H2,1-2H3. The molecular weight excluding hydrogens is 585 g/mol. The van der Waals surface area contributed by atoms with Crippen LogP contribution in [0.1, 0.15) is 49.3 Å². The van der Waals surface area contributed by atoms with Crippen LogP contribution in [0.15, 0.2) is 71.6 Å². The van der Waals surface area contributed by atoms with Crippen molar-refractivity contribution in [2.45, 2.75) is 55.9 Å². The fourth-order valence-corrected chi connectivity index (χ4v) is 7.07. The van der Waals surface area contributed by atoms with E-state index < -0.39 is 44.2 Å². The van der Waals surface area contributed by atoms with Crippen molar-refractivity contribution in [2.24, 2.45) is 0 Å². The van der Waals surface area contributed by atoms with Gasteiger partial charge in [-0.05, 0) is 55.6 Å². The summed E-state index contributed by atoms with van der Waals surface area (Å²) < 4.78 is 121. The van der Waals surface area contributed by atoms with Crippen LogP contribution in [-0.4, -0.2) is 49.8 Å². The zero-order valence-electron chi connectivity index (χ0n) is 23.0. The van der Waals surface area contributed by atoms with Crippen molar-refractivity contribution in [3.8, 4) is 11.1 Å². The Morgan fingerprint density at radius 1 is 0.857 bits per heavy atom. The van der Waals surface area contributed by atoms with Gasteiger partial charge in [-0.2, -0.15) is 30.6 Å². The molecule has 12 heteroatoms. The van der Waals surface area contributed by atoms with E-state index in [2.05, 4.69) is 4.90 Å². The second-order valence-electron chi connectivity index (χ2n) is 10.3. The number of rotatable bonds is 10. The van der Waals surface area contributed by atoms with Crippen molar-refractivity contribution in [3.05, 3.63) is 89.2 Å². The number of unbranched alkanes of at least 4 members (excludes halogenated alkanes) is 1. The zero-order chi connectivity index (χ0) is 30.9. The van der Waals surface area contributed by atoms with Crippen LogP contribution in [0, 0.1) is 5.82 Å². The van der Waals surface area contributed by atoms with Gasteiger partial charge < -0.3 is 0 Å². The highest BCUT2D eigenvalue weighted by atomic mass is 32.2. The summed E-state index contributed by atoms with van der Waals surface area (Å²) in [5, 5.41) is 0. The van der Waals surface area contributed by atoms with Crippen molar-refractivity contribution in [1.82, 2.24) is 9.21 Å². The maximum absolute atomic E-state index is 14.5. The minimum atomic E-state index is -4.79. The summed E-state index contributed by atoms with van der Waals surface area (Å²) in [6, 6.07) is 14.3. The molecule has 1 aliphatic rings. The van der Waals surface area contributed by atoms with Crippen LogP contribution in [-0.2, 0) is 22.4 Å². The van der Waals surface area contributed by atoms with E-state index in [9.17, 15) is 39.2 Å². The van der Waals surface area contributed by atoms with Crippen LogP contribution in [0.4, 0.5) is 30.7 Å². The van der Waals surface area contributed by atoms with E-state index in [1.807, 2.05) is 6.92 Å². The number of alkyl halides is 6. The Kier molecular flexibility index (Phi) is 9.39. The number of halogens is 7. The lowest BCUT2D eigenvalue weighted by atomic mass is 9.83. The molecule has 2 unspecified atom stereocenters. The van der Waals surface area contributed by atoms with Gasteiger partial charge in [-0.15, -0.1) is 0 Å². The summed E-state index contributed by atoms with van der Waals surface area (Å²) in [7, 11) is -4.33. The smallest absolute Gasteiger partial charge is 0.299 e. The highest BCUT2D eigenvalue weighted by Gasteiger charge is 2.39. The maximum Gasteiger partial charge on any atom is 0.419 e. The average molecular weight is 617 g/mol. The molecule has 0 spiro atoms. The van der Waals surface area contributed by atoms with Crippen molar-refractivity contribution in [1.29, 1.82) is 0 Å². The first-order chi connectivity index (χ1) is 19.7. The van der Waals surface area contributed by atoms with E-state index in [1.54, 1.807) is 31.2 Å². The van der Waals surface area contributed by atoms with Gasteiger partial charge in [0.2, 0.25) is 10.0 Å². The van der Waals surface area contributed by atoms with E-state index >= 15 is 0 Å². The summed E-state index contributed by atoms with van der Waals surface area (Å²) in [6.07, 6.45) is -8.47. The molecule has 3 aromatic carbocycles. The van der Waals surface area contributed by atoms with Gasteiger partial charge in [0, 0.05) is 37.2 Å². The second-order valence-corrected chi connectivity index (χ2v) is 12.2. The van der Waals surface area contributed by atoms with Gasteiger partial charge in [0.1, 0.15) is 5.82 Å². The summed E-state index contributed by atoms with van der Waals surface area (Å²) in [6.45, 7) is 5.13. The van der Waals surface area contributed by atoms with Gasteiger partial charge in [-0.3, -0.25) is 4.90 Å². The molecule has 2 atom stereocenters. The highest BCUT2D eigenvalue weighted by Crippen LogP contribution is 2.38. The Bertz CT molecular complexity index is 1490. The van der Waals surface area contributed by atoms with E-state index in [1.165, 1.54) is 18.2 Å². The first-order valence-electron chi connectivity index (χ1n) is 13.5. The van der Waals surface area contributed by atoms with Crippen molar-refractivity contribution in [2.75, 3.05) is 26.2 Å². The molecule has 4 nitrogen and oxygen atoms in total. The summed E-state index contributed by atoms with van der Waals surface area (Å²) in [5.41, 5.74) is -1.29. The van der Waals surface area contributed by atoms with Gasteiger partial charge in [-0.1, -0.05) is 55.5 Å². The van der Waals surface area contributed by atoms with Gasteiger partial charge >= 0.3 is 12.4 Å². The Morgan fingerprint density at radius 3 is 2.07 bits per heavy atom. The molecule has 1 heterocycles. The molecule has 0 radical (unpaired) electrons. The number of likely N-dealkylation sites (tertiary alicyclic amines) is 1.